The van der Waals surface area contributed by atoms with Gasteiger partial charge in [0.1, 0.15) is 5.60 Å². The van der Waals surface area contributed by atoms with Crippen LogP contribution in [-0.2, 0) is 14.3 Å². The Morgan fingerprint density at radius 1 is 1.75 bits per heavy atom. The third-order valence-corrected chi connectivity index (χ3v) is 1.98. The molecule has 12 heavy (non-hydrogen) atoms. The zero-order chi connectivity index (χ0) is 9.35. The molecule has 0 amide bonds. The zero-order valence-corrected chi connectivity index (χ0v) is 6.96. The van der Waals surface area contributed by atoms with Gasteiger partial charge in [-0.25, -0.2) is 4.79 Å². The number of esters is 1. The molecule has 0 aromatic rings. The fourth-order valence-corrected chi connectivity index (χ4v) is 1.13. The van der Waals surface area contributed by atoms with Crippen LogP contribution in [0.2, 0.25) is 0 Å². The number of carboxylic acids is 1. The summed E-state index contributed by atoms with van der Waals surface area (Å²) in [4.78, 5) is 21.2. The Morgan fingerprint density at radius 2 is 2.33 bits per heavy atom. The number of carboxylic acid groups (broad SMARTS) is 1. The number of rotatable bonds is 2. The zero-order valence-electron chi connectivity index (χ0n) is 6.96. The van der Waals surface area contributed by atoms with E-state index in [1.54, 1.807) is 13.8 Å². The fourth-order valence-electron chi connectivity index (χ4n) is 1.13. The third kappa shape index (κ3) is 1.47. The van der Waals surface area contributed by atoms with Crippen LogP contribution in [0.3, 0.4) is 0 Å². The second-order valence-electron chi connectivity index (χ2n) is 3.05. The summed E-state index contributed by atoms with van der Waals surface area (Å²) in [6.07, 6.45) is 1.14. The molecule has 0 saturated carbocycles. The molecule has 1 aliphatic heterocycles. The Balaban J connectivity index is 2.81. The second kappa shape index (κ2) is 2.62. The summed E-state index contributed by atoms with van der Waals surface area (Å²) in [6, 6.07) is 0. The first-order chi connectivity index (χ1) is 5.44. The summed E-state index contributed by atoms with van der Waals surface area (Å²) in [7, 11) is 0. The summed E-state index contributed by atoms with van der Waals surface area (Å²) in [5.74, 6) is -1.43. The van der Waals surface area contributed by atoms with E-state index in [0.717, 1.165) is 0 Å². The number of carbonyl (C=O) groups excluding carboxylic acids is 1. The molecule has 4 heteroatoms. The molecule has 1 aliphatic rings. The van der Waals surface area contributed by atoms with E-state index >= 15 is 0 Å². The smallest absolute Gasteiger partial charge is 0.331 e. The highest BCUT2D eigenvalue weighted by Crippen LogP contribution is 2.30. The lowest BCUT2D eigenvalue weighted by Gasteiger charge is -2.22. The van der Waals surface area contributed by atoms with Crippen LogP contribution in [0.5, 0.6) is 0 Å². The van der Waals surface area contributed by atoms with Crippen LogP contribution < -0.4 is 0 Å². The monoisotopic (exact) mass is 170 g/mol. The van der Waals surface area contributed by atoms with E-state index in [-0.39, 0.29) is 6.42 Å². The van der Waals surface area contributed by atoms with E-state index in [0.29, 0.717) is 5.57 Å². The van der Waals surface area contributed by atoms with Gasteiger partial charge in [-0.15, -0.1) is 0 Å². The summed E-state index contributed by atoms with van der Waals surface area (Å²) < 4.78 is 4.86. The average molecular weight is 170 g/mol. The molecule has 66 valence electrons. The number of cyclic esters (lactones) is 1. The van der Waals surface area contributed by atoms with Crippen molar-refractivity contribution >= 4 is 11.9 Å². The first kappa shape index (κ1) is 8.77. The molecule has 1 heterocycles. The molecular formula is C8H10O4. The standard InChI is InChI=1S/C8H10O4/c1-5-3-7(11)12-8(5,2)4-6(9)10/h3H,4H2,1-2H3,(H,9,10)/t8-/m0/s1. The lowest BCUT2D eigenvalue weighted by atomic mass is 9.95. The van der Waals surface area contributed by atoms with Crippen molar-refractivity contribution in [2.75, 3.05) is 0 Å². The predicted octanol–water partition coefficient (Wildman–Crippen LogP) is 0.723. The molecule has 0 aromatic heterocycles. The maximum atomic E-state index is 10.8. The van der Waals surface area contributed by atoms with Gasteiger partial charge in [-0.05, 0) is 19.4 Å². The van der Waals surface area contributed by atoms with Gasteiger partial charge in [-0.3, -0.25) is 4.79 Å². The van der Waals surface area contributed by atoms with Gasteiger partial charge in [-0.2, -0.15) is 0 Å². The lowest BCUT2D eigenvalue weighted by molar-refractivity contribution is -0.151. The SMILES string of the molecule is CC1=CC(=O)O[C@@]1(C)CC(=O)O. The summed E-state index contributed by atoms with van der Waals surface area (Å²) >= 11 is 0. The molecular weight excluding hydrogens is 160 g/mol. The molecule has 0 spiro atoms. The minimum Gasteiger partial charge on any atom is -0.481 e. The highest BCUT2D eigenvalue weighted by Gasteiger charge is 2.38. The Hall–Kier alpha value is -1.32. The van der Waals surface area contributed by atoms with Crippen molar-refractivity contribution < 1.29 is 19.4 Å². The molecule has 1 N–H and O–H groups in total. The molecule has 0 unspecified atom stereocenters. The van der Waals surface area contributed by atoms with Crippen LogP contribution in [0.4, 0.5) is 0 Å². The molecule has 0 bridgehead atoms. The van der Waals surface area contributed by atoms with Gasteiger partial charge in [0.25, 0.3) is 0 Å². The van der Waals surface area contributed by atoms with E-state index in [1.165, 1.54) is 6.08 Å². The molecule has 0 aromatic carbocycles. The van der Waals surface area contributed by atoms with Crippen molar-refractivity contribution in [3.8, 4) is 0 Å². The van der Waals surface area contributed by atoms with Gasteiger partial charge in [0.15, 0.2) is 0 Å². The molecule has 1 atom stereocenters. The van der Waals surface area contributed by atoms with Gasteiger partial charge in [-0.1, -0.05) is 0 Å². The van der Waals surface area contributed by atoms with Crippen molar-refractivity contribution in [2.45, 2.75) is 25.9 Å². The number of aliphatic carboxylic acids is 1. The second-order valence-corrected chi connectivity index (χ2v) is 3.05. The van der Waals surface area contributed by atoms with Crippen molar-refractivity contribution in [3.63, 3.8) is 0 Å². The normalized spacial score (nSPS) is 28.2. The number of hydrogen-bond donors (Lipinski definition) is 1. The van der Waals surface area contributed by atoms with Crippen molar-refractivity contribution in [2.24, 2.45) is 0 Å². The molecule has 0 saturated heterocycles. The molecule has 0 fully saturated rings. The lowest BCUT2D eigenvalue weighted by Crippen LogP contribution is -2.30. The topological polar surface area (TPSA) is 63.6 Å². The quantitative estimate of drug-likeness (QED) is 0.620. The minimum atomic E-state index is -0.972. The van der Waals surface area contributed by atoms with Gasteiger partial charge >= 0.3 is 11.9 Å². The predicted molar refractivity (Wildman–Crippen MR) is 40.5 cm³/mol. The van der Waals surface area contributed by atoms with Crippen molar-refractivity contribution in [3.05, 3.63) is 11.6 Å². The van der Waals surface area contributed by atoms with E-state index in [2.05, 4.69) is 0 Å². The van der Waals surface area contributed by atoms with Crippen LogP contribution in [0, 0.1) is 0 Å². The Morgan fingerprint density at radius 3 is 2.67 bits per heavy atom. The van der Waals surface area contributed by atoms with E-state index in [4.69, 9.17) is 9.84 Å². The summed E-state index contributed by atoms with van der Waals surface area (Å²) in [5, 5.41) is 8.52. The Kier molecular flexibility index (Phi) is 1.92. The molecule has 1 rings (SSSR count). The number of carbonyl (C=O) groups is 2. The van der Waals surface area contributed by atoms with Crippen molar-refractivity contribution in [1.82, 2.24) is 0 Å². The third-order valence-electron chi connectivity index (χ3n) is 1.98. The largest absolute Gasteiger partial charge is 0.481 e. The first-order valence-electron chi connectivity index (χ1n) is 3.57. The Labute approximate surface area is 69.8 Å². The van der Waals surface area contributed by atoms with Crippen LogP contribution >= 0.6 is 0 Å². The highest BCUT2D eigenvalue weighted by atomic mass is 16.6. The fraction of sp³-hybridized carbons (Fsp3) is 0.500. The average Bonchev–Trinajstić information content (AvgIpc) is 2.04. The molecule has 0 radical (unpaired) electrons. The maximum Gasteiger partial charge on any atom is 0.331 e. The van der Waals surface area contributed by atoms with E-state index in [1.807, 2.05) is 0 Å². The van der Waals surface area contributed by atoms with Crippen LogP contribution in [0.1, 0.15) is 20.3 Å². The number of hydrogen-bond acceptors (Lipinski definition) is 3. The van der Waals surface area contributed by atoms with Crippen molar-refractivity contribution in [1.29, 1.82) is 0 Å². The molecule has 4 nitrogen and oxygen atoms in total. The summed E-state index contributed by atoms with van der Waals surface area (Å²) in [6.45, 7) is 3.28. The van der Waals surface area contributed by atoms with Gasteiger partial charge in [0.05, 0.1) is 6.42 Å². The number of ether oxygens (including phenoxy) is 1. The van der Waals surface area contributed by atoms with Gasteiger partial charge in [0, 0.05) is 6.08 Å². The van der Waals surface area contributed by atoms with E-state index in [9.17, 15) is 9.59 Å². The summed E-state index contributed by atoms with van der Waals surface area (Å²) in [5.41, 5.74) is -0.280. The van der Waals surface area contributed by atoms with Gasteiger partial charge < -0.3 is 9.84 Å². The first-order valence-corrected chi connectivity index (χ1v) is 3.57. The van der Waals surface area contributed by atoms with Crippen LogP contribution in [-0.4, -0.2) is 22.6 Å². The van der Waals surface area contributed by atoms with E-state index < -0.39 is 17.5 Å². The minimum absolute atomic E-state index is 0.179. The Bertz CT molecular complexity index is 266. The highest BCUT2D eigenvalue weighted by molar-refractivity contribution is 5.87. The van der Waals surface area contributed by atoms with Gasteiger partial charge in [0.2, 0.25) is 0 Å². The molecule has 0 aliphatic carbocycles. The van der Waals surface area contributed by atoms with Crippen LogP contribution in [0.25, 0.3) is 0 Å². The maximum absolute atomic E-state index is 10.8. The van der Waals surface area contributed by atoms with Crippen LogP contribution in [0.15, 0.2) is 11.6 Å².